The summed E-state index contributed by atoms with van der Waals surface area (Å²) in [6.45, 7) is 7.58. The summed E-state index contributed by atoms with van der Waals surface area (Å²) in [6, 6.07) is 8.53. The topological polar surface area (TPSA) is 82.1 Å². The third-order valence-electron chi connectivity index (χ3n) is 6.98. The fourth-order valence-electron chi connectivity index (χ4n) is 5.25. The van der Waals surface area contributed by atoms with Crippen molar-refractivity contribution in [3.05, 3.63) is 52.0 Å². The Morgan fingerprint density at radius 2 is 1.78 bits per heavy atom. The molecule has 1 unspecified atom stereocenters. The highest BCUT2D eigenvalue weighted by atomic mass is 35.5. The van der Waals surface area contributed by atoms with Crippen molar-refractivity contribution in [3.63, 3.8) is 0 Å². The molecule has 8 heteroatoms. The Bertz CT molecular complexity index is 1250. The van der Waals surface area contributed by atoms with E-state index in [4.69, 9.17) is 25.8 Å². The maximum Gasteiger partial charge on any atom is 0.411 e. The second-order valence-electron chi connectivity index (χ2n) is 10.8. The molecule has 1 aliphatic carbocycles. The Balaban J connectivity index is 1.34. The molecule has 0 aromatic heterocycles. The summed E-state index contributed by atoms with van der Waals surface area (Å²) in [4.78, 5) is 40.7. The summed E-state index contributed by atoms with van der Waals surface area (Å²) < 4.78 is 17.1. The molecule has 0 saturated carbocycles. The number of fused-ring (bicyclic) bond motifs is 4. The Morgan fingerprint density at radius 3 is 2.53 bits per heavy atom. The van der Waals surface area contributed by atoms with E-state index in [1.807, 2.05) is 31.2 Å². The number of ketones is 1. The molecule has 0 N–H and O–H groups in total. The number of likely N-dealkylation sites (tertiary alicyclic amines) is 1. The van der Waals surface area contributed by atoms with Crippen molar-refractivity contribution in [2.45, 2.75) is 83.8 Å². The maximum atomic E-state index is 13.4. The Hall–Kier alpha value is -3.06. The molecule has 2 aliphatic heterocycles. The number of nitrogens with zero attached hydrogens (tertiary/aromatic N) is 1. The van der Waals surface area contributed by atoms with Crippen molar-refractivity contribution in [1.29, 1.82) is 0 Å². The van der Waals surface area contributed by atoms with Crippen molar-refractivity contribution >= 4 is 29.4 Å². The molecular weight excluding hydrogens is 482 g/mol. The van der Waals surface area contributed by atoms with Gasteiger partial charge in [-0.05, 0) is 100 Å². The van der Waals surface area contributed by atoms with E-state index < -0.39 is 29.8 Å². The van der Waals surface area contributed by atoms with Crippen LogP contribution in [-0.4, -0.2) is 46.5 Å². The van der Waals surface area contributed by atoms with Gasteiger partial charge in [0.15, 0.2) is 6.10 Å². The van der Waals surface area contributed by atoms with Crippen LogP contribution in [0.5, 0.6) is 5.75 Å². The number of benzene rings is 2. The van der Waals surface area contributed by atoms with Gasteiger partial charge in [0.05, 0.1) is 0 Å². The third-order valence-corrected chi connectivity index (χ3v) is 7.22. The van der Waals surface area contributed by atoms with Crippen LogP contribution in [0.15, 0.2) is 30.3 Å². The van der Waals surface area contributed by atoms with Crippen molar-refractivity contribution in [2.75, 3.05) is 0 Å². The Labute approximate surface area is 215 Å². The summed E-state index contributed by atoms with van der Waals surface area (Å²) in [5.41, 5.74) is 3.70. The van der Waals surface area contributed by atoms with Gasteiger partial charge in [-0.2, -0.15) is 0 Å². The highest BCUT2D eigenvalue weighted by molar-refractivity contribution is 6.30. The lowest BCUT2D eigenvalue weighted by molar-refractivity contribution is -0.153. The van der Waals surface area contributed by atoms with Crippen LogP contribution in [0, 0.1) is 0 Å². The van der Waals surface area contributed by atoms with Gasteiger partial charge >= 0.3 is 12.1 Å². The number of Topliss-reactive ketones (excluding diaryl/α,β-unsaturated/α-hetero) is 1. The molecule has 3 atom stereocenters. The van der Waals surface area contributed by atoms with E-state index in [2.05, 4.69) is 0 Å². The van der Waals surface area contributed by atoms with Crippen LogP contribution in [-0.2, 0) is 27.3 Å². The number of aryl methyl sites for hydroxylation is 1. The van der Waals surface area contributed by atoms with Gasteiger partial charge in [0, 0.05) is 22.2 Å². The fourth-order valence-corrected chi connectivity index (χ4v) is 5.41. The number of hydrogen-bond acceptors (Lipinski definition) is 6. The maximum absolute atomic E-state index is 13.4. The zero-order chi connectivity index (χ0) is 25.8. The summed E-state index contributed by atoms with van der Waals surface area (Å²) in [5.74, 6) is -0.0486. The molecule has 5 rings (SSSR count). The van der Waals surface area contributed by atoms with Gasteiger partial charge in [-0.3, -0.25) is 9.69 Å². The van der Waals surface area contributed by atoms with E-state index in [1.165, 1.54) is 4.90 Å². The standard InChI is InChI=1S/C28H30ClNO6/c1-15-5-9-22(30(15)27(33)36-28(2,3)4)26(32)35-23-10-6-16-11-20-17(12-21(16)25(23)31)14-34-24-13-18(29)7-8-19(20)24/h7-8,11-13,15,22-23H,5-6,9-10,14H2,1-4H3/t15-,22-,23?/m0/s1. The lowest BCUT2D eigenvalue weighted by Gasteiger charge is -2.32. The molecule has 190 valence electrons. The molecule has 36 heavy (non-hydrogen) atoms. The van der Waals surface area contributed by atoms with E-state index in [0.717, 1.165) is 28.0 Å². The predicted octanol–water partition coefficient (Wildman–Crippen LogP) is 5.73. The normalized spacial score (nSPS) is 22.8. The smallest absolute Gasteiger partial charge is 0.411 e. The first-order valence-electron chi connectivity index (χ1n) is 12.4. The number of ether oxygens (including phenoxy) is 3. The zero-order valence-corrected chi connectivity index (χ0v) is 21.7. The number of rotatable bonds is 2. The lowest BCUT2D eigenvalue weighted by atomic mass is 9.83. The highest BCUT2D eigenvalue weighted by Gasteiger charge is 2.43. The molecule has 3 aliphatic rings. The van der Waals surface area contributed by atoms with Crippen LogP contribution >= 0.6 is 11.6 Å². The van der Waals surface area contributed by atoms with Gasteiger partial charge in [-0.25, -0.2) is 9.59 Å². The molecule has 2 aromatic carbocycles. The SMILES string of the molecule is C[C@H]1CC[C@@H](C(=O)OC2CCc3cc4c(cc3C2=O)COc2cc(Cl)ccc2-4)N1C(=O)OC(C)(C)C. The van der Waals surface area contributed by atoms with E-state index in [0.29, 0.717) is 42.9 Å². The molecule has 1 fully saturated rings. The van der Waals surface area contributed by atoms with E-state index >= 15 is 0 Å². The summed E-state index contributed by atoms with van der Waals surface area (Å²) in [5, 5.41) is 0.608. The van der Waals surface area contributed by atoms with Gasteiger partial charge in [0.25, 0.3) is 0 Å². The highest BCUT2D eigenvalue weighted by Crippen LogP contribution is 2.41. The molecular formula is C28H30ClNO6. The number of halogens is 1. The van der Waals surface area contributed by atoms with Crippen molar-refractivity contribution in [2.24, 2.45) is 0 Å². The third kappa shape index (κ3) is 4.57. The van der Waals surface area contributed by atoms with Crippen LogP contribution < -0.4 is 4.74 Å². The molecule has 2 aromatic rings. The van der Waals surface area contributed by atoms with E-state index in [-0.39, 0.29) is 11.8 Å². The number of carbonyl (C=O) groups is 3. The molecule has 0 radical (unpaired) electrons. The number of carbonyl (C=O) groups excluding carboxylic acids is 3. The van der Waals surface area contributed by atoms with Crippen LogP contribution in [0.1, 0.15) is 68.4 Å². The monoisotopic (exact) mass is 511 g/mol. The Morgan fingerprint density at radius 1 is 1.03 bits per heavy atom. The first-order valence-corrected chi connectivity index (χ1v) is 12.7. The van der Waals surface area contributed by atoms with Gasteiger partial charge in [-0.15, -0.1) is 0 Å². The second kappa shape index (κ2) is 9.11. The minimum absolute atomic E-state index is 0.149. The van der Waals surface area contributed by atoms with Gasteiger partial charge in [0.2, 0.25) is 5.78 Å². The largest absolute Gasteiger partial charge is 0.488 e. The predicted molar refractivity (Wildman–Crippen MR) is 134 cm³/mol. The average Bonchev–Trinajstić information content (AvgIpc) is 3.20. The van der Waals surface area contributed by atoms with Crippen LogP contribution in [0.2, 0.25) is 5.02 Å². The Kier molecular flexibility index (Phi) is 6.23. The number of hydrogen-bond donors (Lipinski definition) is 0. The second-order valence-corrected chi connectivity index (χ2v) is 11.2. The average molecular weight is 512 g/mol. The zero-order valence-electron chi connectivity index (χ0n) is 20.9. The number of amides is 1. The lowest BCUT2D eigenvalue weighted by Crippen LogP contribution is -2.48. The van der Waals surface area contributed by atoms with Gasteiger partial charge in [0.1, 0.15) is 24.0 Å². The molecule has 7 nitrogen and oxygen atoms in total. The minimum atomic E-state index is -0.880. The molecule has 1 saturated heterocycles. The summed E-state index contributed by atoms with van der Waals surface area (Å²) in [6.07, 6.45) is 0.727. The molecule has 0 spiro atoms. The summed E-state index contributed by atoms with van der Waals surface area (Å²) >= 11 is 6.11. The molecule has 0 bridgehead atoms. The quantitative estimate of drug-likeness (QED) is 0.479. The summed E-state index contributed by atoms with van der Waals surface area (Å²) in [7, 11) is 0. The van der Waals surface area contributed by atoms with Gasteiger partial charge < -0.3 is 14.2 Å². The van der Waals surface area contributed by atoms with Crippen LogP contribution in [0.3, 0.4) is 0 Å². The first-order chi connectivity index (χ1) is 17.0. The van der Waals surface area contributed by atoms with Crippen LogP contribution in [0.25, 0.3) is 11.1 Å². The van der Waals surface area contributed by atoms with Crippen molar-refractivity contribution in [1.82, 2.24) is 4.90 Å². The van der Waals surface area contributed by atoms with Crippen molar-refractivity contribution < 1.29 is 28.6 Å². The molecule has 2 heterocycles. The van der Waals surface area contributed by atoms with E-state index in [1.54, 1.807) is 26.8 Å². The minimum Gasteiger partial charge on any atom is -0.488 e. The number of esters is 1. The van der Waals surface area contributed by atoms with Crippen LogP contribution in [0.4, 0.5) is 4.79 Å². The fraction of sp³-hybridized carbons (Fsp3) is 0.464. The van der Waals surface area contributed by atoms with E-state index in [9.17, 15) is 14.4 Å². The van der Waals surface area contributed by atoms with Gasteiger partial charge in [-0.1, -0.05) is 11.6 Å². The molecule has 1 amide bonds. The van der Waals surface area contributed by atoms with Crippen molar-refractivity contribution in [3.8, 4) is 16.9 Å². The first kappa shape index (κ1) is 24.6.